The fourth-order valence-electron chi connectivity index (χ4n) is 1.07. The lowest BCUT2D eigenvalue weighted by molar-refractivity contribution is -0.118. The van der Waals surface area contributed by atoms with Crippen molar-refractivity contribution in [3.05, 3.63) is 23.1 Å². The normalized spacial score (nSPS) is 20.8. The highest BCUT2D eigenvalue weighted by Crippen LogP contribution is 1.90. The standard InChI is InChI=1S/C8H6N2O2/c11-7-1-5-3-9-4-10-6(5)2-8(7)12/h1-4,7,11H. The molecule has 1 atom stereocenters. The molecule has 60 valence electrons. The first-order chi connectivity index (χ1) is 5.77. The highest BCUT2D eigenvalue weighted by Gasteiger charge is 2.12. The van der Waals surface area contributed by atoms with Crippen LogP contribution in [0.4, 0.5) is 0 Å². The topological polar surface area (TPSA) is 63.1 Å². The maximum absolute atomic E-state index is 11.0. The van der Waals surface area contributed by atoms with Gasteiger partial charge in [-0.3, -0.25) is 4.79 Å². The number of carbonyl (C=O) groups is 1. The molecule has 1 heterocycles. The van der Waals surface area contributed by atoms with Gasteiger partial charge in [-0.25, -0.2) is 9.97 Å². The quantitative estimate of drug-likeness (QED) is 0.478. The van der Waals surface area contributed by atoms with Crippen molar-refractivity contribution in [3.8, 4) is 0 Å². The summed E-state index contributed by atoms with van der Waals surface area (Å²) in [5.41, 5.74) is 0. The first kappa shape index (κ1) is 7.12. The second-order valence-corrected chi connectivity index (χ2v) is 2.52. The number of hydrogen-bond acceptors (Lipinski definition) is 4. The Morgan fingerprint density at radius 2 is 2.33 bits per heavy atom. The van der Waals surface area contributed by atoms with Crippen LogP contribution in [0.1, 0.15) is 0 Å². The van der Waals surface area contributed by atoms with E-state index in [4.69, 9.17) is 5.11 Å². The van der Waals surface area contributed by atoms with E-state index in [9.17, 15) is 4.79 Å². The maximum Gasteiger partial charge on any atom is 0.190 e. The Morgan fingerprint density at radius 3 is 3.17 bits per heavy atom. The smallest absolute Gasteiger partial charge is 0.190 e. The Morgan fingerprint density at radius 1 is 1.50 bits per heavy atom. The van der Waals surface area contributed by atoms with Gasteiger partial charge in [0, 0.05) is 17.5 Å². The van der Waals surface area contributed by atoms with Gasteiger partial charge >= 0.3 is 0 Å². The lowest BCUT2D eigenvalue weighted by Crippen LogP contribution is -2.37. The van der Waals surface area contributed by atoms with Crippen LogP contribution in [-0.4, -0.2) is 27.0 Å². The van der Waals surface area contributed by atoms with Crippen LogP contribution in [-0.2, 0) is 4.79 Å². The molecule has 0 aliphatic heterocycles. The Bertz CT molecular complexity index is 439. The zero-order valence-electron chi connectivity index (χ0n) is 6.14. The van der Waals surface area contributed by atoms with Gasteiger partial charge in [-0.05, 0) is 6.08 Å². The lowest BCUT2D eigenvalue weighted by atomic mass is 10.1. The van der Waals surface area contributed by atoms with Crippen molar-refractivity contribution in [2.24, 2.45) is 0 Å². The number of hydrogen-bond donors (Lipinski definition) is 1. The van der Waals surface area contributed by atoms with Gasteiger partial charge in [0.15, 0.2) is 5.78 Å². The molecular formula is C8H6N2O2. The fraction of sp³-hybridized carbons (Fsp3) is 0.125. The van der Waals surface area contributed by atoms with Gasteiger partial charge in [-0.15, -0.1) is 0 Å². The van der Waals surface area contributed by atoms with E-state index in [1.165, 1.54) is 18.5 Å². The first-order valence-corrected chi connectivity index (χ1v) is 3.49. The molecular weight excluding hydrogens is 156 g/mol. The van der Waals surface area contributed by atoms with Gasteiger partial charge in [-0.1, -0.05) is 0 Å². The Hall–Kier alpha value is -1.55. The molecule has 1 unspecified atom stereocenters. The van der Waals surface area contributed by atoms with Crippen molar-refractivity contribution in [1.29, 1.82) is 0 Å². The molecule has 1 aliphatic rings. The molecule has 0 bridgehead atoms. The van der Waals surface area contributed by atoms with E-state index < -0.39 is 6.10 Å². The molecule has 12 heavy (non-hydrogen) atoms. The molecule has 1 aromatic rings. The van der Waals surface area contributed by atoms with Gasteiger partial charge in [0.2, 0.25) is 0 Å². The average Bonchev–Trinajstić information content (AvgIpc) is 2.07. The van der Waals surface area contributed by atoms with Crippen LogP contribution in [0.25, 0.3) is 12.2 Å². The van der Waals surface area contributed by atoms with Crippen molar-refractivity contribution in [2.75, 3.05) is 0 Å². The Labute approximate surface area is 67.9 Å². The number of aliphatic hydroxyl groups excluding tert-OH is 1. The average molecular weight is 162 g/mol. The van der Waals surface area contributed by atoms with Crippen LogP contribution >= 0.6 is 0 Å². The fourth-order valence-corrected chi connectivity index (χ4v) is 1.07. The van der Waals surface area contributed by atoms with Crippen molar-refractivity contribution in [2.45, 2.75) is 6.10 Å². The van der Waals surface area contributed by atoms with Crippen LogP contribution in [0.3, 0.4) is 0 Å². The molecule has 0 amide bonds. The van der Waals surface area contributed by atoms with E-state index in [2.05, 4.69) is 9.97 Å². The number of fused-ring (bicyclic) bond motifs is 1. The Kier molecular flexibility index (Phi) is 1.48. The highest BCUT2D eigenvalue weighted by atomic mass is 16.3. The molecule has 0 radical (unpaired) electrons. The second-order valence-electron chi connectivity index (χ2n) is 2.52. The number of ketones is 1. The largest absolute Gasteiger partial charge is 0.381 e. The van der Waals surface area contributed by atoms with Crippen molar-refractivity contribution in [3.63, 3.8) is 0 Å². The van der Waals surface area contributed by atoms with E-state index in [0.717, 1.165) is 0 Å². The number of aromatic nitrogens is 2. The van der Waals surface area contributed by atoms with Crippen LogP contribution in [0, 0.1) is 0 Å². The summed E-state index contributed by atoms with van der Waals surface area (Å²) in [5.74, 6) is -0.332. The van der Waals surface area contributed by atoms with Crippen LogP contribution < -0.4 is 10.6 Å². The number of carbonyl (C=O) groups excluding carboxylic acids is 1. The minimum Gasteiger partial charge on any atom is -0.381 e. The van der Waals surface area contributed by atoms with Crippen LogP contribution in [0.2, 0.25) is 0 Å². The molecule has 4 nitrogen and oxygen atoms in total. The maximum atomic E-state index is 11.0. The molecule has 0 saturated heterocycles. The molecule has 4 heteroatoms. The number of aliphatic hydroxyl groups is 1. The lowest BCUT2D eigenvalue weighted by Gasteiger charge is -2.03. The van der Waals surface area contributed by atoms with Crippen LogP contribution in [0.5, 0.6) is 0 Å². The third kappa shape index (κ3) is 1.02. The number of Topliss-reactive ketones (excluding diaryl/α,β-unsaturated/α-hetero) is 1. The van der Waals surface area contributed by atoms with Crippen LogP contribution in [0.15, 0.2) is 12.5 Å². The molecule has 0 fully saturated rings. The minimum absolute atomic E-state index is 0.332. The SMILES string of the molecule is O=C1C=c2ncncc2=CC1O. The summed E-state index contributed by atoms with van der Waals surface area (Å²) in [6.45, 7) is 0. The van der Waals surface area contributed by atoms with Crippen molar-refractivity contribution >= 4 is 17.9 Å². The summed E-state index contributed by atoms with van der Waals surface area (Å²) in [4.78, 5) is 18.6. The van der Waals surface area contributed by atoms with E-state index in [1.807, 2.05) is 0 Å². The zero-order valence-corrected chi connectivity index (χ0v) is 6.14. The van der Waals surface area contributed by atoms with Gasteiger partial charge in [0.25, 0.3) is 0 Å². The predicted octanol–water partition coefficient (Wildman–Crippen LogP) is -2.02. The van der Waals surface area contributed by atoms with E-state index >= 15 is 0 Å². The number of nitrogens with zero attached hydrogens (tertiary/aromatic N) is 2. The third-order valence-corrected chi connectivity index (χ3v) is 1.68. The summed E-state index contributed by atoms with van der Waals surface area (Å²) in [6, 6.07) is 0. The summed E-state index contributed by atoms with van der Waals surface area (Å²) >= 11 is 0. The number of rotatable bonds is 0. The van der Waals surface area contributed by atoms with Gasteiger partial charge in [0.05, 0.1) is 5.35 Å². The molecule has 1 N–H and O–H groups in total. The molecule has 1 aromatic heterocycles. The molecule has 0 spiro atoms. The van der Waals surface area contributed by atoms with Gasteiger partial charge < -0.3 is 5.11 Å². The highest BCUT2D eigenvalue weighted by molar-refractivity contribution is 6.12. The molecule has 1 aliphatic carbocycles. The summed E-state index contributed by atoms with van der Waals surface area (Å²) in [5, 5.41) is 10.4. The first-order valence-electron chi connectivity index (χ1n) is 3.49. The Balaban J connectivity index is 2.79. The van der Waals surface area contributed by atoms with Crippen molar-refractivity contribution < 1.29 is 9.90 Å². The van der Waals surface area contributed by atoms with E-state index in [0.29, 0.717) is 10.6 Å². The molecule has 2 rings (SSSR count). The summed E-state index contributed by atoms with van der Waals surface area (Å²) in [6.07, 6.45) is 4.66. The predicted molar refractivity (Wildman–Crippen MR) is 41.2 cm³/mol. The van der Waals surface area contributed by atoms with Gasteiger partial charge in [-0.2, -0.15) is 0 Å². The second kappa shape index (κ2) is 2.49. The third-order valence-electron chi connectivity index (χ3n) is 1.68. The van der Waals surface area contributed by atoms with E-state index in [-0.39, 0.29) is 5.78 Å². The summed E-state index contributed by atoms with van der Waals surface area (Å²) < 4.78 is 0. The monoisotopic (exact) mass is 162 g/mol. The van der Waals surface area contributed by atoms with Crippen molar-refractivity contribution in [1.82, 2.24) is 9.97 Å². The van der Waals surface area contributed by atoms with E-state index in [1.54, 1.807) is 6.20 Å². The zero-order chi connectivity index (χ0) is 8.55. The summed E-state index contributed by atoms with van der Waals surface area (Å²) in [7, 11) is 0. The molecule has 0 saturated carbocycles. The molecule has 0 aromatic carbocycles. The van der Waals surface area contributed by atoms with Gasteiger partial charge in [0.1, 0.15) is 12.4 Å². The minimum atomic E-state index is -1.04.